The zero-order valence-corrected chi connectivity index (χ0v) is 14.2. The van der Waals surface area contributed by atoms with Crippen molar-refractivity contribution >= 4 is 11.9 Å². The quantitative estimate of drug-likeness (QED) is 0.861. The number of carbonyl (C=O) groups excluding carboxylic acids is 2. The van der Waals surface area contributed by atoms with Crippen LogP contribution in [0.5, 0.6) is 5.75 Å². The Morgan fingerprint density at radius 2 is 2.24 bits per heavy atom. The van der Waals surface area contributed by atoms with E-state index in [-0.39, 0.29) is 18.5 Å². The molecule has 0 unspecified atom stereocenters. The van der Waals surface area contributed by atoms with E-state index < -0.39 is 5.54 Å². The predicted octanol–water partition coefficient (Wildman–Crippen LogP) is 2.14. The van der Waals surface area contributed by atoms with E-state index >= 15 is 0 Å². The molecule has 7 nitrogen and oxygen atoms in total. The van der Waals surface area contributed by atoms with Crippen molar-refractivity contribution in [1.29, 1.82) is 0 Å². The van der Waals surface area contributed by atoms with E-state index in [1.807, 2.05) is 25.1 Å². The Morgan fingerprint density at radius 1 is 1.40 bits per heavy atom. The number of aryl methyl sites for hydroxylation is 2. The van der Waals surface area contributed by atoms with Gasteiger partial charge in [0.15, 0.2) is 0 Å². The number of carbonyl (C=O) groups is 2. The SMILES string of the molecule is CCc1nocc1CN1C(=O)N[C@@]2(CCc3ccc(OC)cc32)C1=O. The first-order valence-corrected chi connectivity index (χ1v) is 8.32. The summed E-state index contributed by atoms with van der Waals surface area (Å²) < 4.78 is 10.3. The average molecular weight is 341 g/mol. The van der Waals surface area contributed by atoms with Crippen LogP contribution in [0.25, 0.3) is 0 Å². The van der Waals surface area contributed by atoms with E-state index in [0.717, 1.165) is 28.8 Å². The standard InChI is InChI=1S/C18H19N3O4/c1-3-15-12(10-25-20-15)9-21-16(22)18(19-17(21)23)7-6-11-4-5-13(24-2)8-14(11)18/h4-5,8,10H,3,6-7,9H2,1-2H3,(H,19,23)/t18-/m1/s1. The van der Waals surface area contributed by atoms with Gasteiger partial charge in [-0.05, 0) is 42.5 Å². The third-order valence-electron chi connectivity index (χ3n) is 5.11. The highest BCUT2D eigenvalue weighted by Crippen LogP contribution is 2.43. The minimum atomic E-state index is -0.996. The molecule has 2 heterocycles. The first kappa shape index (κ1) is 15.7. The number of nitrogens with one attached hydrogen (secondary N) is 1. The van der Waals surface area contributed by atoms with Gasteiger partial charge in [0.1, 0.15) is 17.6 Å². The van der Waals surface area contributed by atoms with Crippen LogP contribution in [0.2, 0.25) is 0 Å². The van der Waals surface area contributed by atoms with Crippen molar-refractivity contribution in [2.24, 2.45) is 0 Å². The number of fused-ring (bicyclic) bond motifs is 2. The maximum Gasteiger partial charge on any atom is 0.325 e. The molecule has 2 aromatic rings. The second-order valence-corrected chi connectivity index (χ2v) is 6.39. The van der Waals surface area contributed by atoms with Crippen molar-refractivity contribution in [3.05, 3.63) is 46.8 Å². The Bertz CT molecular complexity index is 860. The number of benzene rings is 1. The van der Waals surface area contributed by atoms with Crippen LogP contribution in [-0.2, 0) is 29.7 Å². The molecule has 3 amide bonds. The number of nitrogens with zero attached hydrogens (tertiary/aromatic N) is 2. The number of aromatic nitrogens is 1. The van der Waals surface area contributed by atoms with Crippen molar-refractivity contribution in [2.45, 2.75) is 38.3 Å². The number of methoxy groups -OCH3 is 1. The lowest BCUT2D eigenvalue weighted by molar-refractivity contribution is -0.132. The Hall–Kier alpha value is -2.83. The minimum absolute atomic E-state index is 0.165. The zero-order chi connectivity index (χ0) is 17.6. The van der Waals surface area contributed by atoms with Gasteiger partial charge in [-0.15, -0.1) is 0 Å². The predicted molar refractivity (Wildman–Crippen MR) is 88.0 cm³/mol. The van der Waals surface area contributed by atoms with Gasteiger partial charge in [0.2, 0.25) is 0 Å². The average Bonchev–Trinajstić information content (AvgIpc) is 3.29. The van der Waals surface area contributed by atoms with Crippen LogP contribution in [0.3, 0.4) is 0 Å². The maximum absolute atomic E-state index is 13.2. The summed E-state index contributed by atoms with van der Waals surface area (Å²) in [6, 6.07) is 5.30. The molecule has 1 aromatic carbocycles. The summed E-state index contributed by atoms with van der Waals surface area (Å²) in [5, 5.41) is 6.83. The summed E-state index contributed by atoms with van der Waals surface area (Å²) in [7, 11) is 1.59. The van der Waals surface area contributed by atoms with Gasteiger partial charge in [-0.2, -0.15) is 0 Å². The van der Waals surface area contributed by atoms with E-state index in [0.29, 0.717) is 18.6 Å². The van der Waals surface area contributed by atoms with E-state index in [9.17, 15) is 9.59 Å². The number of rotatable bonds is 4. The highest BCUT2D eigenvalue weighted by atomic mass is 16.5. The molecule has 1 fully saturated rings. The first-order chi connectivity index (χ1) is 12.1. The number of amides is 3. The van der Waals surface area contributed by atoms with E-state index in [4.69, 9.17) is 9.26 Å². The molecular formula is C18H19N3O4. The third-order valence-corrected chi connectivity index (χ3v) is 5.11. The van der Waals surface area contributed by atoms with Gasteiger partial charge in [0.05, 0.1) is 19.3 Å². The summed E-state index contributed by atoms with van der Waals surface area (Å²) in [5.41, 5.74) is 2.41. The van der Waals surface area contributed by atoms with Gasteiger partial charge in [-0.1, -0.05) is 18.1 Å². The third kappa shape index (κ3) is 2.22. The van der Waals surface area contributed by atoms with Gasteiger partial charge in [-0.3, -0.25) is 9.69 Å². The highest BCUT2D eigenvalue weighted by Gasteiger charge is 2.55. The van der Waals surface area contributed by atoms with Crippen LogP contribution in [0.1, 0.15) is 35.7 Å². The number of urea groups is 1. The number of hydrogen-bond donors (Lipinski definition) is 1. The monoisotopic (exact) mass is 341 g/mol. The van der Waals surface area contributed by atoms with Gasteiger partial charge in [-0.25, -0.2) is 4.79 Å². The van der Waals surface area contributed by atoms with Crippen LogP contribution in [-0.4, -0.2) is 29.1 Å². The normalized spacial score (nSPS) is 21.8. The fourth-order valence-electron chi connectivity index (χ4n) is 3.75. The lowest BCUT2D eigenvalue weighted by atomic mass is 9.91. The summed E-state index contributed by atoms with van der Waals surface area (Å²) in [6.45, 7) is 2.12. The molecule has 0 radical (unpaired) electrons. The number of ether oxygens (including phenoxy) is 1. The summed E-state index contributed by atoms with van der Waals surface area (Å²) in [6.07, 6.45) is 3.48. The minimum Gasteiger partial charge on any atom is -0.497 e. The molecular weight excluding hydrogens is 322 g/mol. The summed E-state index contributed by atoms with van der Waals surface area (Å²) in [4.78, 5) is 27.0. The lowest BCUT2D eigenvalue weighted by Crippen LogP contribution is -2.41. The fraction of sp³-hybridized carbons (Fsp3) is 0.389. The summed E-state index contributed by atoms with van der Waals surface area (Å²) in [5.74, 6) is 0.445. The lowest BCUT2D eigenvalue weighted by Gasteiger charge is -2.22. The molecule has 2 aliphatic rings. The van der Waals surface area contributed by atoms with Gasteiger partial charge < -0.3 is 14.6 Å². The smallest absolute Gasteiger partial charge is 0.325 e. The molecule has 4 rings (SSSR count). The molecule has 1 N–H and O–H groups in total. The molecule has 1 aromatic heterocycles. The van der Waals surface area contributed by atoms with Crippen molar-refractivity contribution in [1.82, 2.24) is 15.4 Å². The number of imide groups is 1. The number of hydrogen-bond acceptors (Lipinski definition) is 5. The Morgan fingerprint density at radius 3 is 3.00 bits per heavy atom. The highest BCUT2D eigenvalue weighted by molar-refractivity contribution is 6.08. The van der Waals surface area contributed by atoms with Gasteiger partial charge in [0, 0.05) is 5.56 Å². The molecule has 0 bridgehead atoms. The molecule has 1 aliphatic heterocycles. The maximum atomic E-state index is 13.2. The van der Waals surface area contributed by atoms with Crippen LogP contribution in [0.15, 0.2) is 29.0 Å². The second-order valence-electron chi connectivity index (χ2n) is 6.39. The first-order valence-electron chi connectivity index (χ1n) is 8.32. The van der Waals surface area contributed by atoms with E-state index in [2.05, 4.69) is 10.5 Å². The zero-order valence-electron chi connectivity index (χ0n) is 14.2. The van der Waals surface area contributed by atoms with E-state index in [1.54, 1.807) is 7.11 Å². The van der Waals surface area contributed by atoms with Crippen molar-refractivity contribution in [3.8, 4) is 5.75 Å². The second kappa shape index (κ2) is 5.61. The molecule has 1 aliphatic carbocycles. The Labute approximate surface area is 144 Å². The Balaban J connectivity index is 1.69. The summed E-state index contributed by atoms with van der Waals surface area (Å²) >= 11 is 0. The fourth-order valence-corrected chi connectivity index (χ4v) is 3.75. The Kier molecular flexibility index (Phi) is 3.52. The van der Waals surface area contributed by atoms with E-state index in [1.165, 1.54) is 11.2 Å². The van der Waals surface area contributed by atoms with Crippen molar-refractivity contribution < 1.29 is 18.8 Å². The van der Waals surface area contributed by atoms with Crippen LogP contribution < -0.4 is 10.1 Å². The molecule has 1 atom stereocenters. The van der Waals surface area contributed by atoms with Crippen LogP contribution in [0.4, 0.5) is 4.79 Å². The largest absolute Gasteiger partial charge is 0.497 e. The van der Waals surface area contributed by atoms with Crippen LogP contribution in [0, 0.1) is 0 Å². The molecule has 1 spiro atoms. The molecule has 130 valence electrons. The molecule has 1 saturated heterocycles. The van der Waals surface area contributed by atoms with Crippen molar-refractivity contribution in [3.63, 3.8) is 0 Å². The van der Waals surface area contributed by atoms with Gasteiger partial charge >= 0.3 is 6.03 Å². The molecule has 7 heteroatoms. The van der Waals surface area contributed by atoms with Gasteiger partial charge in [0.25, 0.3) is 5.91 Å². The molecule has 0 saturated carbocycles. The topological polar surface area (TPSA) is 84.7 Å². The molecule has 25 heavy (non-hydrogen) atoms. The van der Waals surface area contributed by atoms with Crippen molar-refractivity contribution in [2.75, 3.05) is 7.11 Å². The van der Waals surface area contributed by atoms with Crippen LogP contribution >= 0.6 is 0 Å².